The molecule has 23 heavy (non-hydrogen) atoms. The van der Waals surface area contributed by atoms with Gasteiger partial charge in [-0.2, -0.15) is 18.6 Å². The molecule has 2 aromatic heterocycles. The van der Waals surface area contributed by atoms with Crippen molar-refractivity contribution in [1.29, 1.82) is 0 Å². The van der Waals surface area contributed by atoms with Crippen molar-refractivity contribution in [3.8, 4) is 11.6 Å². The van der Waals surface area contributed by atoms with Crippen molar-refractivity contribution in [3.63, 3.8) is 0 Å². The summed E-state index contributed by atoms with van der Waals surface area (Å²) in [6, 6.07) is 1.49. The van der Waals surface area contributed by atoms with E-state index in [0.29, 0.717) is 10.6 Å². The molecular formula is C16H18F2N4O. The summed E-state index contributed by atoms with van der Waals surface area (Å²) in [4.78, 5) is 0. The zero-order valence-corrected chi connectivity index (χ0v) is 12.7. The standard InChI is InChI=1S/C16H18F2N4O/c17-15(18)22-12(1-2-19-22)13-20-21-14(23-13)16-6-9-3-10(7-16)5-11(4-9)8-16/h1-2,9-11,15H,3-8H2. The average Bonchev–Trinajstić information content (AvgIpc) is 3.15. The summed E-state index contributed by atoms with van der Waals surface area (Å²) in [6.07, 6.45) is 8.64. The van der Waals surface area contributed by atoms with Crippen molar-refractivity contribution in [2.75, 3.05) is 0 Å². The van der Waals surface area contributed by atoms with E-state index in [0.717, 1.165) is 37.0 Å². The fraction of sp³-hybridized carbons (Fsp3) is 0.688. The van der Waals surface area contributed by atoms with Gasteiger partial charge in [0.15, 0.2) is 0 Å². The van der Waals surface area contributed by atoms with Gasteiger partial charge in [-0.25, -0.2) is 0 Å². The molecule has 5 nitrogen and oxygen atoms in total. The number of alkyl halides is 2. The molecule has 122 valence electrons. The van der Waals surface area contributed by atoms with Crippen LogP contribution in [0.1, 0.15) is 51.0 Å². The van der Waals surface area contributed by atoms with Crippen LogP contribution in [0.25, 0.3) is 11.6 Å². The minimum Gasteiger partial charge on any atom is -0.419 e. The lowest BCUT2D eigenvalue weighted by Gasteiger charge is -2.55. The van der Waals surface area contributed by atoms with Crippen LogP contribution >= 0.6 is 0 Å². The Hall–Kier alpha value is -1.79. The van der Waals surface area contributed by atoms with Crippen LogP contribution in [0, 0.1) is 17.8 Å². The Kier molecular flexibility index (Phi) is 2.73. The van der Waals surface area contributed by atoms with E-state index in [1.165, 1.54) is 31.5 Å². The first kappa shape index (κ1) is 13.6. The van der Waals surface area contributed by atoms with Crippen LogP contribution in [-0.2, 0) is 5.41 Å². The predicted octanol–water partition coefficient (Wildman–Crippen LogP) is 3.80. The maximum atomic E-state index is 13.0. The Bertz CT molecular complexity index is 703. The lowest BCUT2D eigenvalue weighted by atomic mass is 9.49. The minimum absolute atomic E-state index is 0.0182. The molecule has 0 amide bonds. The molecule has 4 saturated carbocycles. The highest BCUT2D eigenvalue weighted by atomic mass is 19.3. The smallest absolute Gasteiger partial charge is 0.333 e. The predicted molar refractivity (Wildman–Crippen MR) is 76.6 cm³/mol. The van der Waals surface area contributed by atoms with Gasteiger partial charge in [-0.3, -0.25) is 0 Å². The largest absolute Gasteiger partial charge is 0.419 e. The van der Waals surface area contributed by atoms with Crippen LogP contribution in [0.4, 0.5) is 8.78 Å². The summed E-state index contributed by atoms with van der Waals surface area (Å²) in [7, 11) is 0. The van der Waals surface area contributed by atoms with Crippen molar-refractivity contribution in [1.82, 2.24) is 20.0 Å². The topological polar surface area (TPSA) is 56.7 Å². The molecule has 0 unspecified atom stereocenters. The van der Waals surface area contributed by atoms with Crippen LogP contribution in [0.2, 0.25) is 0 Å². The van der Waals surface area contributed by atoms with Crippen LogP contribution in [0.15, 0.2) is 16.7 Å². The molecule has 4 bridgehead atoms. The first-order valence-corrected chi connectivity index (χ1v) is 8.29. The summed E-state index contributed by atoms with van der Waals surface area (Å²) < 4.78 is 32.5. The quantitative estimate of drug-likeness (QED) is 0.863. The monoisotopic (exact) mass is 320 g/mol. The van der Waals surface area contributed by atoms with Crippen molar-refractivity contribution in [3.05, 3.63) is 18.2 Å². The van der Waals surface area contributed by atoms with Crippen LogP contribution in [0.5, 0.6) is 0 Å². The third-order valence-electron chi connectivity index (χ3n) is 5.99. The van der Waals surface area contributed by atoms with Gasteiger partial charge in [0.05, 0.1) is 0 Å². The third kappa shape index (κ3) is 1.98. The van der Waals surface area contributed by atoms with Crippen LogP contribution in [-0.4, -0.2) is 20.0 Å². The second-order valence-electron chi connectivity index (χ2n) is 7.55. The maximum absolute atomic E-state index is 13.0. The first-order valence-electron chi connectivity index (χ1n) is 8.29. The van der Waals surface area contributed by atoms with E-state index >= 15 is 0 Å². The molecule has 0 radical (unpaired) electrons. The van der Waals surface area contributed by atoms with E-state index in [-0.39, 0.29) is 17.0 Å². The van der Waals surface area contributed by atoms with Gasteiger partial charge in [-0.1, -0.05) is 0 Å². The van der Waals surface area contributed by atoms with Gasteiger partial charge >= 0.3 is 6.55 Å². The number of hydrogen-bond donors (Lipinski definition) is 0. The molecule has 4 aliphatic rings. The number of hydrogen-bond acceptors (Lipinski definition) is 4. The van der Waals surface area contributed by atoms with Crippen molar-refractivity contribution >= 4 is 0 Å². The second kappa shape index (κ2) is 4.61. The van der Waals surface area contributed by atoms with Crippen molar-refractivity contribution < 1.29 is 13.2 Å². The SMILES string of the molecule is FC(F)n1nccc1-c1nnc(C23CC4CC(CC(C4)C2)C3)o1. The van der Waals surface area contributed by atoms with E-state index < -0.39 is 6.55 Å². The summed E-state index contributed by atoms with van der Waals surface area (Å²) >= 11 is 0. The molecule has 0 N–H and O–H groups in total. The average molecular weight is 320 g/mol. The molecule has 2 heterocycles. The minimum atomic E-state index is -2.71. The molecule has 2 aromatic rings. The lowest BCUT2D eigenvalue weighted by Crippen LogP contribution is -2.48. The molecule has 0 aliphatic heterocycles. The highest BCUT2D eigenvalue weighted by Gasteiger charge is 2.54. The lowest BCUT2D eigenvalue weighted by molar-refractivity contribution is -0.0176. The van der Waals surface area contributed by atoms with E-state index in [9.17, 15) is 8.78 Å². The molecule has 4 aliphatic carbocycles. The highest BCUT2D eigenvalue weighted by Crippen LogP contribution is 2.60. The van der Waals surface area contributed by atoms with Crippen molar-refractivity contribution in [2.45, 2.75) is 50.5 Å². The Morgan fingerprint density at radius 1 is 1.09 bits per heavy atom. The molecule has 0 spiro atoms. The fourth-order valence-electron chi connectivity index (χ4n) is 5.55. The van der Waals surface area contributed by atoms with Crippen molar-refractivity contribution in [2.24, 2.45) is 17.8 Å². The normalized spacial score (nSPS) is 35.3. The first-order chi connectivity index (χ1) is 11.1. The molecular weight excluding hydrogens is 302 g/mol. The van der Waals surface area contributed by atoms with Gasteiger partial charge in [0.1, 0.15) is 5.69 Å². The van der Waals surface area contributed by atoms with Gasteiger partial charge in [0.2, 0.25) is 5.89 Å². The van der Waals surface area contributed by atoms with Crippen LogP contribution in [0.3, 0.4) is 0 Å². The number of aromatic nitrogens is 4. The van der Waals surface area contributed by atoms with Crippen LogP contribution < -0.4 is 0 Å². The Labute approximate surface area is 132 Å². The molecule has 0 saturated heterocycles. The zero-order chi connectivity index (χ0) is 15.6. The summed E-state index contributed by atoms with van der Waals surface area (Å²) in [5.74, 6) is 3.09. The molecule has 0 atom stereocenters. The van der Waals surface area contributed by atoms with Gasteiger partial charge in [-0.05, 0) is 62.3 Å². The van der Waals surface area contributed by atoms with Gasteiger partial charge < -0.3 is 4.42 Å². The van der Waals surface area contributed by atoms with E-state index in [2.05, 4.69) is 15.3 Å². The maximum Gasteiger partial charge on any atom is 0.333 e. The zero-order valence-electron chi connectivity index (χ0n) is 12.7. The Balaban J connectivity index is 1.51. The third-order valence-corrected chi connectivity index (χ3v) is 5.99. The summed E-state index contributed by atoms with van der Waals surface area (Å²) in [6.45, 7) is -2.71. The number of nitrogens with zero attached hydrogens (tertiary/aromatic N) is 4. The van der Waals surface area contributed by atoms with E-state index in [1.807, 2.05) is 0 Å². The highest BCUT2D eigenvalue weighted by molar-refractivity contribution is 5.46. The Morgan fingerprint density at radius 2 is 1.74 bits per heavy atom. The number of rotatable bonds is 3. The Morgan fingerprint density at radius 3 is 2.35 bits per heavy atom. The van der Waals surface area contributed by atoms with Gasteiger partial charge in [-0.15, -0.1) is 10.2 Å². The van der Waals surface area contributed by atoms with E-state index in [4.69, 9.17) is 4.42 Å². The molecule has 7 heteroatoms. The molecule has 4 fully saturated rings. The van der Waals surface area contributed by atoms with E-state index in [1.54, 1.807) is 0 Å². The van der Waals surface area contributed by atoms with Gasteiger partial charge in [0, 0.05) is 11.6 Å². The molecule has 6 rings (SSSR count). The fourth-order valence-corrected chi connectivity index (χ4v) is 5.55. The molecule has 0 aromatic carbocycles. The summed E-state index contributed by atoms with van der Waals surface area (Å²) in [5.41, 5.74) is 0.166. The second-order valence-corrected chi connectivity index (χ2v) is 7.55. The summed E-state index contributed by atoms with van der Waals surface area (Å²) in [5, 5.41) is 11.9. The number of halogens is 2. The van der Waals surface area contributed by atoms with Gasteiger partial charge in [0.25, 0.3) is 5.89 Å².